The van der Waals surface area contributed by atoms with Crippen LogP contribution in [0.5, 0.6) is 5.75 Å². The van der Waals surface area contributed by atoms with Crippen LogP contribution in [0.4, 0.5) is 5.69 Å². The average Bonchev–Trinajstić information content (AvgIpc) is 3.44. The summed E-state index contributed by atoms with van der Waals surface area (Å²) in [6, 6.07) is 13.5. The van der Waals surface area contributed by atoms with E-state index in [1.807, 2.05) is 0 Å². The molecule has 1 aliphatic carbocycles. The Kier molecular flexibility index (Phi) is 5.09. The Bertz CT molecular complexity index is 782. The summed E-state index contributed by atoms with van der Waals surface area (Å²) >= 11 is 0. The molecule has 0 aromatic heterocycles. The summed E-state index contributed by atoms with van der Waals surface area (Å²) < 4.78 is 5.37. The Labute approximate surface area is 145 Å². The summed E-state index contributed by atoms with van der Waals surface area (Å²) in [6.45, 7) is -0.168. The van der Waals surface area contributed by atoms with Crippen molar-refractivity contribution in [2.24, 2.45) is 0 Å². The van der Waals surface area contributed by atoms with E-state index >= 15 is 0 Å². The molecular weight excluding hydrogens is 320 g/mol. The molecule has 0 aliphatic heterocycles. The second kappa shape index (κ2) is 7.61. The smallest absolute Gasteiger partial charge is 0.262 e. The zero-order valence-electron chi connectivity index (χ0n) is 13.5. The Morgan fingerprint density at radius 1 is 1.12 bits per heavy atom. The molecule has 0 radical (unpaired) electrons. The Balaban J connectivity index is 1.53. The molecule has 25 heavy (non-hydrogen) atoms. The highest BCUT2D eigenvalue weighted by atomic mass is 16.5. The molecule has 0 saturated heterocycles. The SMILES string of the molecule is O=Cc1ccc(OCC(=O)Nc2cccc(C(=O)NC3CC3)c2)cc1. The second-order valence-electron chi connectivity index (χ2n) is 5.85. The number of hydrogen-bond acceptors (Lipinski definition) is 4. The van der Waals surface area contributed by atoms with Crippen LogP contribution in [0.1, 0.15) is 33.6 Å². The lowest BCUT2D eigenvalue weighted by Gasteiger charge is -2.09. The van der Waals surface area contributed by atoms with E-state index in [-0.39, 0.29) is 24.5 Å². The molecule has 6 nitrogen and oxygen atoms in total. The second-order valence-corrected chi connectivity index (χ2v) is 5.85. The highest BCUT2D eigenvalue weighted by molar-refractivity contribution is 5.97. The van der Waals surface area contributed by atoms with Gasteiger partial charge in [-0.2, -0.15) is 0 Å². The van der Waals surface area contributed by atoms with Crippen LogP contribution in [0.25, 0.3) is 0 Å². The predicted octanol–water partition coefficient (Wildman–Crippen LogP) is 2.41. The molecule has 6 heteroatoms. The monoisotopic (exact) mass is 338 g/mol. The molecule has 2 N–H and O–H groups in total. The van der Waals surface area contributed by atoms with Crippen molar-refractivity contribution in [1.29, 1.82) is 0 Å². The summed E-state index contributed by atoms with van der Waals surface area (Å²) in [7, 11) is 0. The number of anilines is 1. The maximum atomic E-state index is 12.0. The Morgan fingerprint density at radius 2 is 1.88 bits per heavy atom. The van der Waals surface area contributed by atoms with Gasteiger partial charge < -0.3 is 15.4 Å². The fourth-order valence-corrected chi connectivity index (χ4v) is 2.22. The lowest BCUT2D eigenvalue weighted by Crippen LogP contribution is -2.25. The molecule has 2 aromatic rings. The van der Waals surface area contributed by atoms with Crippen LogP contribution in [0.3, 0.4) is 0 Å². The molecule has 0 atom stereocenters. The van der Waals surface area contributed by atoms with Crippen LogP contribution < -0.4 is 15.4 Å². The van der Waals surface area contributed by atoms with Gasteiger partial charge in [0.1, 0.15) is 12.0 Å². The van der Waals surface area contributed by atoms with Crippen LogP contribution in [0, 0.1) is 0 Å². The minimum atomic E-state index is -0.334. The molecular formula is C19H18N2O4. The van der Waals surface area contributed by atoms with Crippen molar-refractivity contribution >= 4 is 23.8 Å². The quantitative estimate of drug-likeness (QED) is 0.759. The van der Waals surface area contributed by atoms with Crippen molar-refractivity contribution in [1.82, 2.24) is 5.32 Å². The van der Waals surface area contributed by atoms with E-state index in [9.17, 15) is 14.4 Å². The van der Waals surface area contributed by atoms with Crippen molar-refractivity contribution in [3.8, 4) is 5.75 Å². The van der Waals surface area contributed by atoms with Gasteiger partial charge in [-0.05, 0) is 55.3 Å². The van der Waals surface area contributed by atoms with Gasteiger partial charge in [-0.25, -0.2) is 0 Å². The van der Waals surface area contributed by atoms with Crippen molar-refractivity contribution < 1.29 is 19.1 Å². The molecule has 2 amide bonds. The third-order valence-electron chi connectivity index (χ3n) is 3.71. The zero-order valence-corrected chi connectivity index (χ0v) is 13.5. The maximum absolute atomic E-state index is 12.0. The topological polar surface area (TPSA) is 84.5 Å². The van der Waals surface area contributed by atoms with Crippen molar-refractivity contribution in [3.05, 3.63) is 59.7 Å². The van der Waals surface area contributed by atoms with Crippen molar-refractivity contribution in [2.45, 2.75) is 18.9 Å². The average molecular weight is 338 g/mol. The fraction of sp³-hybridized carbons (Fsp3) is 0.211. The van der Waals surface area contributed by atoms with Crippen LogP contribution in [0.15, 0.2) is 48.5 Å². The van der Waals surface area contributed by atoms with E-state index < -0.39 is 0 Å². The first kappa shape index (κ1) is 16.7. The molecule has 1 fully saturated rings. The first-order valence-corrected chi connectivity index (χ1v) is 8.03. The summed E-state index contributed by atoms with van der Waals surface area (Å²) in [6.07, 6.45) is 2.78. The van der Waals surface area contributed by atoms with Gasteiger partial charge in [-0.1, -0.05) is 6.07 Å². The molecule has 1 saturated carbocycles. The van der Waals surface area contributed by atoms with Crippen LogP contribution >= 0.6 is 0 Å². The highest BCUT2D eigenvalue weighted by Crippen LogP contribution is 2.20. The van der Waals surface area contributed by atoms with E-state index in [4.69, 9.17) is 4.74 Å². The third kappa shape index (κ3) is 4.91. The summed E-state index contributed by atoms with van der Waals surface area (Å²) in [5.74, 6) is 0.0302. The minimum Gasteiger partial charge on any atom is -0.484 e. The van der Waals surface area contributed by atoms with Gasteiger partial charge >= 0.3 is 0 Å². The number of amides is 2. The lowest BCUT2D eigenvalue weighted by molar-refractivity contribution is -0.118. The van der Waals surface area contributed by atoms with Gasteiger partial charge in [-0.15, -0.1) is 0 Å². The molecule has 2 aromatic carbocycles. The van der Waals surface area contributed by atoms with Gasteiger partial charge in [0.05, 0.1) is 0 Å². The Hall–Kier alpha value is -3.15. The normalized spacial score (nSPS) is 13.0. The number of hydrogen-bond donors (Lipinski definition) is 2. The largest absolute Gasteiger partial charge is 0.484 e. The number of rotatable bonds is 7. The number of benzene rings is 2. The highest BCUT2D eigenvalue weighted by Gasteiger charge is 2.23. The van der Waals surface area contributed by atoms with Gasteiger partial charge in [0.15, 0.2) is 6.61 Å². The first-order chi connectivity index (χ1) is 12.1. The van der Waals surface area contributed by atoms with E-state index in [0.717, 1.165) is 19.1 Å². The van der Waals surface area contributed by atoms with Gasteiger partial charge in [0.25, 0.3) is 11.8 Å². The third-order valence-corrected chi connectivity index (χ3v) is 3.71. The summed E-state index contributed by atoms with van der Waals surface area (Å²) in [4.78, 5) is 34.6. The molecule has 128 valence electrons. The maximum Gasteiger partial charge on any atom is 0.262 e. The summed E-state index contributed by atoms with van der Waals surface area (Å²) in [5.41, 5.74) is 1.58. The molecule has 1 aliphatic rings. The fourth-order valence-electron chi connectivity index (χ4n) is 2.22. The number of carbonyl (C=O) groups is 3. The van der Waals surface area contributed by atoms with Gasteiger partial charge in [-0.3, -0.25) is 14.4 Å². The van der Waals surface area contributed by atoms with Crippen molar-refractivity contribution in [3.63, 3.8) is 0 Å². The van der Waals surface area contributed by atoms with E-state index in [2.05, 4.69) is 10.6 Å². The van der Waals surface area contributed by atoms with E-state index in [1.165, 1.54) is 0 Å². The van der Waals surface area contributed by atoms with Crippen LogP contribution in [-0.2, 0) is 4.79 Å². The minimum absolute atomic E-state index is 0.134. The number of ether oxygens (including phenoxy) is 1. The number of aldehydes is 1. The zero-order chi connectivity index (χ0) is 17.6. The lowest BCUT2D eigenvalue weighted by atomic mass is 10.2. The van der Waals surface area contributed by atoms with E-state index in [1.54, 1.807) is 48.5 Å². The standard InChI is InChI=1S/C19H18N2O4/c22-11-13-4-8-17(9-5-13)25-12-18(23)20-16-3-1-2-14(10-16)19(24)21-15-6-7-15/h1-5,8-11,15H,6-7,12H2,(H,20,23)(H,21,24). The first-order valence-electron chi connectivity index (χ1n) is 8.03. The Morgan fingerprint density at radius 3 is 2.56 bits per heavy atom. The molecule has 0 heterocycles. The molecule has 0 unspecified atom stereocenters. The van der Waals surface area contributed by atoms with Gasteiger partial charge in [0.2, 0.25) is 0 Å². The number of nitrogens with one attached hydrogen (secondary N) is 2. The van der Waals surface area contributed by atoms with Crippen molar-refractivity contribution in [2.75, 3.05) is 11.9 Å². The summed E-state index contributed by atoms with van der Waals surface area (Å²) in [5, 5.41) is 5.60. The van der Waals surface area contributed by atoms with Gasteiger partial charge in [0, 0.05) is 22.9 Å². The predicted molar refractivity (Wildman–Crippen MR) is 92.9 cm³/mol. The molecule has 3 rings (SSSR count). The number of carbonyl (C=O) groups excluding carboxylic acids is 3. The molecule has 0 bridgehead atoms. The van der Waals surface area contributed by atoms with E-state index in [0.29, 0.717) is 22.6 Å². The van der Waals surface area contributed by atoms with Crippen LogP contribution in [0.2, 0.25) is 0 Å². The van der Waals surface area contributed by atoms with Crippen LogP contribution in [-0.4, -0.2) is 30.7 Å². The molecule has 0 spiro atoms.